The van der Waals surface area contributed by atoms with Crippen LogP contribution in [0.3, 0.4) is 0 Å². The molecule has 0 unspecified atom stereocenters. The molecule has 0 bridgehead atoms. The Bertz CT molecular complexity index is 1160. The van der Waals surface area contributed by atoms with Crippen molar-refractivity contribution in [3.05, 3.63) is 65.4 Å². The van der Waals surface area contributed by atoms with Crippen molar-refractivity contribution in [3.63, 3.8) is 0 Å². The minimum absolute atomic E-state index is 0.0128. The molecule has 0 radical (unpaired) electrons. The smallest absolute Gasteiger partial charge is 0.289 e. The highest BCUT2D eigenvalue weighted by atomic mass is 32.2. The molecule has 1 saturated heterocycles. The Labute approximate surface area is 182 Å². The highest BCUT2D eigenvalue weighted by molar-refractivity contribution is 8.00. The lowest BCUT2D eigenvalue weighted by Gasteiger charge is -2.32. The monoisotopic (exact) mass is 438 g/mol. The molecule has 1 aliphatic rings. The topological polar surface area (TPSA) is 64.2 Å². The van der Waals surface area contributed by atoms with Crippen LogP contribution in [0.25, 0.3) is 11.0 Å². The van der Waals surface area contributed by atoms with Crippen LogP contribution in [-0.2, 0) is 5.75 Å². The molecule has 1 amide bonds. The van der Waals surface area contributed by atoms with Crippen LogP contribution in [0.15, 0.2) is 57.1 Å². The van der Waals surface area contributed by atoms with E-state index in [0.29, 0.717) is 17.6 Å². The van der Waals surface area contributed by atoms with Gasteiger partial charge < -0.3 is 13.9 Å². The standard InChI is InChI=1S/C22H22N4O2S2/c1-15-12-29-22(24-15)30-13-18-17-4-2-3-5-19(17)28-20(18)21(27)25-9-6-16(7-10-25)26-11-8-23-14-26/h2-5,8,11-12,14,16H,6-7,9-10,13H2,1H3. The maximum absolute atomic E-state index is 13.4. The number of aromatic nitrogens is 3. The van der Waals surface area contributed by atoms with Gasteiger partial charge in [-0.2, -0.15) is 0 Å². The molecule has 4 heterocycles. The number of likely N-dealkylation sites (tertiary alicyclic amines) is 1. The zero-order valence-electron chi connectivity index (χ0n) is 16.7. The number of amides is 1. The van der Waals surface area contributed by atoms with Gasteiger partial charge in [0, 0.05) is 59.3 Å². The van der Waals surface area contributed by atoms with Gasteiger partial charge in [-0.05, 0) is 25.8 Å². The van der Waals surface area contributed by atoms with Gasteiger partial charge in [-0.1, -0.05) is 30.0 Å². The van der Waals surface area contributed by atoms with Crippen molar-refractivity contribution < 1.29 is 9.21 Å². The maximum Gasteiger partial charge on any atom is 0.289 e. The van der Waals surface area contributed by atoms with Crippen molar-refractivity contribution in [1.29, 1.82) is 0 Å². The first-order valence-corrected chi connectivity index (χ1v) is 11.9. The molecular formula is C22H22N4O2S2. The molecule has 0 spiro atoms. The van der Waals surface area contributed by atoms with Crippen LogP contribution in [0, 0.1) is 6.92 Å². The first-order chi connectivity index (χ1) is 14.7. The van der Waals surface area contributed by atoms with Crippen LogP contribution in [0.5, 0.6) is 0 Å². The number of carbonyl (C=O) groups is 1. The number of benzene rings is 1. The van der Waals surface area contributed by atoms with E-state index >= 15 is 0 Å². The molecule has 5 rings (SSSR count). The Kier molecular flexibility index (Phi) is 5.35. The van der Waals surface area contributed by atoms with Gasteiger partial charge in [0.25, 0.3) is 5.91 Å². The summed E-state index contributed by atoms with van der Waals surface area (Å²) in [5, 5.41) is 3.06. The van der Waals surface area contributed by atoms with Crippen molar-refractivity contribution in [2.45, 2.75) is 35.9 Å². The largest absolute Gasteiger partial charge is 0.451 e. The predicted octanol–water partition coefficient (Wildman–Crippen LogP) is 5.16. The third kappa shape index (κ3) is 3.77. The van der Waals surface area contributed by atoms with Gasteiger partial charge in [-0.15, -0.1) is 11.3 Å². The van der Waals surface area contributed by atoms with Crippen molar-refractivity contribution in [3.8, 4) is 0 Å². The third-order valence-electron chi connectivity index (χ3n) is 5.53. The average molecular weight is 439 g/mol. The lowest BCUT2D eigenvalue weighted by Crippen LogP contribution is -2.39. The van der Waals surface area contributed by atoms with E-state index in [1.165, 1.54) is 0 Å². The fraction of sp³-hybridized carbons (Fsp3) is 0.318. The van der Waals surface area contributed by atoms with Crippen molar-refractivity contribution in [1.82, 2.24) is 19.4 Å². The average Bonchev–Trinajstić information content (AvgIpc) is 3.52. The molecule has 4 aromatic rings. The van der Waals surface area contributed by atoms with Crippen LogP contribution in [-0.4, -0.2) is 38.4 Å². The molecule has 8 heteroatoms. The molecule has 3 aromatic heterocycles. The number of thioether (sulfide) groups is 1. The van der Waals surface area contributed by atoms with E-state index < -0.39 is 0 Å². The number of nitrogens with zero attached hydrogens (tertiary/aromatic N) is 4. The summed E-state index contributed by atoms with van der Waals surface area (Å²) >= 11 is 3.29. The highest BCUT2D eigenvalue weighted by Crippen LogP contribution is 2.34. The summed E-state index contributed by atoms with van der Waals surface area (Å²) in [5.74, 6) is 1.12. The molecule has 6 nitrogen and oxygen atoms in total. The van der Waals surface area contributed by atoms with Gasteiger partial charge in [0.15, 0.2) is 5.76 Å². The lowest BCUT2D eigenvalue weighted by atomic mass is 10.0. The van der Waals surface area contributed by atoms with E-state index in [0.717, 1.165) is 52.5 Å². The summed E-state index contributed by atoms with van der Waals surface area (Å²) in [5.41, 5.74) is 2.75. The number of furan rings is 1. The van der Waals surface area contributed by atoms with E-state index in [-0.39, 0.29) is 5.91 Å². The minimum atomic E-state index is -0.0128. The second-order valence-electron chi connectivity index (χ2n) is 7.48. The maximum atomic E-state index is 13.4. The zero-order valence-corrected chi connectivity index (χ0v) is 18.3. The van der Waals surface area contributed by atoms with Crippen LogP contribution < -0.4 is 0 Å². The minimum Gasteiger partial charge on any atom is -0.451 e. The molecule has 154 valence electrons. The van der Waals surface area contributed by atoms with Gasteiger partial charge >= 0.3 is 0 Å². The molecule has 1 aromatic carbocycles. The molecule has 30 heavy (non-hydrogen) atoms. The molecule has 1 aliphatic heterocycles. The molecule has 0 N–H and O–H groups in total. The highest BCUT2D eigenvalue weighted by Gasteiger charge is 2.29. The number of carbonyl (C=O) groups excluding carboxylic acids is 1. The van der Waals surface area contributed by atoms with Crippen molar-refractivity contribution in [2.75, 3.05) is 13.1 Å². The summed E-state index contributed by atoms with van der Waals surface area (Å²) in [4.78, 5) is 24.0. The van der Waals surface area contributed by atoms with Gasteiger partial charge in [0.2, 0.25) is 0 Å². The quantitative estimate of drug-likeness (QED) is 0.403. The van der Waals surface area contributed by atoms with E-state index in [1.54, 1.807) is 29.3 Å². The fourth-order valence-corrected chi connectivity index (χ4v) is 5.82. The van der Waals surface area contributed by atoms with Crippen LogP contribution in [0.2, 0.25) is 0 Å². The number of aryl methyl sites for hydroxylation is 1. The van der Waals surface area contributed by atoms with E-state index in [1.807, 2.05) is 54.0 Å². The number of rotatable bonds is 5. The van der Waals surface area contributed by atoms with E-state index in [2.05, 4.69) is 14.5 Å². The Hall–Kier alpha value is -2.58. The van der Waals surface area contributed by atoms with Crippen LogP contribution >= 0.6 is 23.1 Å². The summed E-state index contributed by atoms with van der Waals surface area (Å²) in [6, 6.07) is 8.29. The van der Waals surface area contributed by atoms with Gasteiger partial charge in [-0.3, -0.25) is 4.79 Å². The summed E-state index contributed by atoms with van der Waals surface area (Å²) in [6.07, 6.45) is 7.50. The SMILES string of the molecule is Cc1csc(SCc2c(C(=O)N3CCC(n4ccnc4)CC3)oc3ccccc23)n1. The number of hydrogen-bond donors (Lipinski definition) is 0. The number of hydrogen-bond acceptors (Lipinski definition) is 6. The Morgan fingerprint density at radius 3 is 2.87 bits per heavy atom. The normalized spacial score (nSPS) is 15.2. The second kappa shape index (κ2) is 8.28. The van der Waals surface area contributed by atoms with Gasteiger partial charge in [0.05, 0.1) is 6.33 Å². The molecule has 1 fully saturated rings. The van der Waals surface area contributed by atoms with Crippen molar-refractivity contribution in [2.24, 2.45) is 0 Å². The number of fused-ring (bicyclic) bond motifs is 1. The Morgan fingerprint density at radius 2 is 2.13 bits per heavy atom. The van der Waals surface area contributed by atoms with Gasteiger partial charge in [0.1, 0.15) is 9.92 Å². The lowest BCUT2D eigenvalue weighted by molar-refractivity contribution is 0.0663. The van der Waals surface area contributed by atoms with E-state index in [4.69, 9.17) is 4.42 Å². The summed E-state index contributed by atoms with van der Waals surface area (Å²) < 4.78 is 9.22. The van der Waals surface area contributed by atoms with Crippen molar-refractivity contribution >= 4 is 40.0 Å². The van der Waals surface area contributed by atoms with E-state index in [9.17, 15) is 4.79 Å². The summed E-state index contributed by atoms with van der Waals surface area (Å²) in [7, 11) is 0. The molecule has 0 atom stereocenters. The van der Waals surface area contributed by atoms with Crippen LogP contribution in [0.1, 0.15) is 40.7 Å². The molecular weight excluding hydrogens is 416 g/mol. The number of para-hydroxylation sites is 1. The first-order valence-electron chi connectivity index (χ1n) is 10.0. The van der Waals surface area contributed by atoms with Crippen LogP contribution in [0.4, 0.5) is 0 Å². The third-order valence-corrected chi connectivity index (χ3v) is 7.69. The first kappa shape index (κ1) is 19.4. The fourth-order valence-electron chi connectivity index (χ4n) is 3.94. The number of thiazole rings is 1. The number of piperidine rings is 1. The Morgan fingerprint density at radius 1 is 1.30 bits per heavy atom. The summed E-state index contributed by atoms with van der Waals surface area (Å²) in [6.45, 7) is 3.43. The van der Waals surface area contributed by atoms with Gasteiger partial charge in [-0.25, -0.2) is 9.97 Å². The number of imidazole rings is 1. The molecule has 0 saturated carbocycles. The predicted molar refractivity (Wildman–Crippen MR) is 119 cm³/mol. The second-order valence-corrected chi connectivity index (χ2v) is 9.56. The molecule has 0 aliphatic carbocycles. The Balaban J connectivity index is 1.37. The zero-order chi connectivity index (χ0) is 20.5.